The summed E-state index contributed by atoms with van der Waals surface area (Å²) in [5, 5.41) is 10.5. The molecule has 0 spiro atoms. The van der Waals surface area contributed by atoms with Crippen LogP contribution in [0.15, 0.2) is 24.3 Å². The van der Waals surface area contributed by atoms with E-state index in [-0.39, 0.29) is 11.9 Å². The number of β-amino-alcohol motifs (C(OH)–C–C–N with tert-alkyl or cyclic N) is 1. The standard InChI is InChI=1S/C23H37FN2O2/c1-17(2)20-9-8-18(3)14-23(20)28-16-19(27)15-25-10-12-26(13-11-25)22-7-5-4-6-21(22)24/h4-7,17-20,23,27H,8-16H2,1-3H3. The molecule has 4 atom stereocenters. The minimum atomic E-state index is -0.468. The maximum atomic E-state index is 14.0. The summed E-state index contributed by atoms with van der Waals surface area (Å²) >= 11 is 0. The summed E-state index contributed by atoms with van der Waals surface area (Å²) in [6, 6.07) is 6.95. The van der Waals surface area contributed by atoms with Gasteiger partial charge in [0.1, 0.15) is 5.82 Å². The number of anilines is 1. The molecule has 1 aliphatic heterocycles. The molecule has 2 aliphatic rings. The van der Waals surface area contributed by atoms with Gasteiger partial charge in [0.05, 0.1) is 24.5 Å². The third kappa shape index (κ3) is 5.68. The van der Waals surface area contributed by atoms with E-state index >= 15 is 0 Å². The van der Waals surface area contributed by atoms with Gasteiger partial charge in [-0.3, -0.25) is 4.90 Å². The number of aliphatic hydroxyl groups excluding tert-OH is 1. The third-order valence-electron chi connectivity index (χ3n) is 6.50. The van der Waals surface area contributed by atoms with Crippen LogP contribution in [0.4, 0.5) is 10.1 Å². The summed E-state index contributed by atoms with van der Waals surface area (Å²) in [4.78, 5) is 4.35. The molecule has 1 saturated heterocycles. The lowest BCUT2D eigenvalue weighted by Crippen LogP contribution is -2.49. The first-order chi connectivity index (χ1) is 13.4. The van der Waals surface area contributed by atoms with Gasteiger partial charge in [-0.05, 0) is 42.7 Å². The number of nitrogens with zero attached hydrogens (tertiary/aromatic N) is 2. The zero-order valence-electron chi connectivity index (χ0n) is 17.7. The van der Waals surface area contributed by atoms with E-state index in [4.69, 9.17) is 4.74 Å². The predicted octanol–water partition coefficient (Wildman–Crippen LogP) is 3.79. The molecule has 1 aromatic rings. The van der Waals surface area contributed by atoms with Gasteiger partial charge in [-0.2, -0.15) is 0 Å². The average molecular weight is 393 g/mol. The Morgan fingerprint density at radius 3 is 2.54 bits per heavy atom. The molecule has 5 heteroatoms. The minimum Gasteiger partial charge on any atom is -0.389 e. The lowest BCUT2D eigenvalue weighted by molar-refractivity contribution is -0.0740. The lowest BCUT2D eigenvalue weighted by atomic mass is 9.75. The molecule has 1 saturated carbocycles. The van der Waals surface area contributed by atoms with E-state index in [1.807, 2.05) is 12.1 Å². The van der Waals surface area contributed by atoms with Crippen molar-refractivity contribution in [3.05, 3.63) is 30.1 Å². The molecular formula is C23H37FN2O2. The van der Waals surface area contributed by atoms with E-state index in [2.05, 4.69) is 30.6 Å². The first-order valence-electron chi connectivity index (χ1n) is 11.0. The normalized spacial score (nSPS) is 27.9. The average Bonchev–Trinajstić information content (AvgIpc) is 2.67. The first kappa shape index (κ1) is 21.5. The quantitative estimate of drug-likeness (QED) is 0.766. The number of ether oxygens (including phenoxy) is 1. The molecule has 4 nitrogen and oxygen atoms in total. The van der Waals surface area contributed by atoms with Crippen molar-refractivity contribution in [2.24, 2.45) is 17.8 Å². The fourth-order valence-corrected chi connectivity index (χ4v) is 4.77. The highest BCUT2D eigenvalue weighted by atomic mass is 19.1. The molecule has 0 aromatic heterocycles. The Balaban J connectivity index is 1.42. The summed E-state index contributed by atoms with van der Waals surface area (Å²) in [5.74, 6) is 1.78. The van der Waals surface area contributed by atoms with Gasteiger partial charge in [0.25, 0.3) is 0 Å². The van der Waals surface area contributed by atoms with Gasteiger partial charge in [-0.15, -0.1) is 0 Å². The van der Waals surface area contributed by atoms with Crippen molar-refractivity contribution in [2.75, 3.05) is 44.2 Å². The van der Waals surface area contributed by atoms with Crippen molar-refractivity contribution in [3.8, 4) is 0 Å². The Hall–Kier alpha value is -1.17. The predicted molar refractivity (Wildman–Crippen MR) is 112 cm³/mol. The van der Waals surface area contributed by atoms with Crippen LogP contribution >= 0.6 is 0 Å². The maximum absolute atomic E-state index is 14.0. The van der Waals surface area contributed by atoms with Crippen LogP contribution in [0.2, 0.25) is 0 Å². The largest absolute Gasteiger partial charge is 0.389 e. The second-order valence-corrected chi connectivity index (χ2v) is 9.09. The minimum absolute atomic E-state index is 0.161. The number of halogens is 1. The fraction of sp³-hybridized carbons (Fsp3) is 0.739. The highest BCUT2D eigenvalue weighted by molar-refractivity contribution is 5.47. The van der Waals surface area contributed by atoms with Crippen LogP contribution in [0.1, 0.15) is 40.0 Å². The molecule has 158 valence electrons. The van der Waals surface area contributed by atoms with E-state index in [0.29, 0.717) is 36.6 Å². The summed E-state index contributed by atoms with van der Waals surface area (Å²) in [6.07, 6.45) is 3.44. The maximum Gasteiger partial charge on any atom is 0.146 e. The van der Waals surface area contributed by atoms with E-state index in [1.165, 1.54) is 18.9 Å². The number of hydrogen-bond donors (Lipinski definition) is 1. The van der Waals surface area contributed by atoms with E-state index in [9.17, 15) is 9.50 Å². The van der Waals surface area contributed by atoms with Gasteiger partial charge >= 0.3 is 0 Å². The molecular weight excluding hydrogens is 355 g/mol. The van der Waals surface area contributed by atoms with Gasteiger partial charge in [0, 0.05) is 32.7 Å². The molecule has 4 unspecified atom stereocenters. The lowest BCUT2D eigenvalue weighted by Gasteiger charge is -2.39. The highest BCUT2D eigenvalue weighted by Crippen LogP contribution is 2.35. The number of benzene rings is 1. The van der Waals surface area contributed by atoms with Crippen LogP contribution in [0.25, 0.3) is 0 Å². The summed E-state index contributed by atoms with van der Waals surface area (Å²) in [5.41, 5.74) is 0.678. The van der Waals surface area contributed by atoms with E-state index < -0.39 is 6.10 Å². The topological polar surface area (TPSA) is 35.9 Å². The van der Waals surface area contributed by atoms with Gasteiger partial charge in [0.15, 0.2) is 0 Å². The van der Waals surface area contributed by atoms with Crippen molar-refractivity contribution in [1.82, 2.24) is 4.90 Å². The van der Waals surface area contributed by atoms with Crippen LogP contribution in [0.3, 0.4) is 0 Å². The van der Waals surface area contributed by atoms with Crippen LogP contribution in [0.5, 0.6) is 0 Å². The second-order valence-electron chi connectivity index (χ2n) is 9.09. The van der Waals surface area contributed by atoms with Crippen LogP contribution in [-0.4, -0.2) is 61.5 Å². The molecule has 28 heavy (non-hydrogen) atoms. The van der Waals surface area contributed by atoms with Crippen molar-refractivity contribution >= 4 is 5.69 Å². The second kappa shape index (κ2) is 10.0. The number of hydrogen-bond acceptors (Lipinski definition) is 4. The molecule has 0 radical (unpaired) electrons. The van der Waals surface area contributed by atoms with Crippen LogP contribution in [0, 0.1) is 23.6 Å². The van der Waals surface area contributed by atoms with Crippen molar-refractivity contribution in [1.29, 1.82) is 0 Å². The molecule has 0 bridgehead atoms. The molecule has 0 amide bonds. The smallest absolute Gasteiger partial charge is 0.146 e. The number of rotatable bonds is 7. The van der Waals surface area contributed by atoms with E-state index in [1.54, 1.807) is 6.07 Å². The Morgan fingerprint density at radius 1 is 1.14 bits per heavy atom. The monoisotopic (exact) mass is 392 g/mol. The number of piperazine rings is 1. The van der Waals surface area contributed by atoms with Crippen molar-refractivity contribution in [2.45, 2.75) is 52.2 Å². The number of aliphatic hydroxyl groups is 1. The molecule has 3 rings (SSSR count). The molecule has 1 N–H and O–H groups in total. The van der Waals surface area contributed by atoms with Gasteiger partial charge in [-0.25, -0.2) is 4.39 Å². The van der Waals surface area contributed by atoms with Crippen molar-refractivity contribution in [3.63, 3.8) is 0 Å². The van der Waals surface area contributed by atoms with Crippen molar-refractivity contribution < 1.29 is 14.2 Å². The molecule has 1 aliphatic carbocycles. The van der Waals surface area contributed by atoms with Crippen LogP contribution in [-0.2, 0) is 4.74 Å². The third-order valence-corrected chi connectivity index (χ3v) is 6.50. The summed E-state index contributed by atoms with van der Waals surface area (Å²) in [7, 11) is 0. The van der Waals surface area contributed by atoms with Gasteiger partial charge in [-0.1, -0.05) is 39.3 Å². The summed E-state index contributed by atoms with van der Waals surface area (Å²) in [6.45, 7) is 11.1. The Labute approximate surface area is 169 Å². The molecule has 2 fully saturated rings. The molecule has 1 heterocycles. The first-order valence-corrected chi connectivity index (χ1v) is 11.0. The van der Waals surface area contributed by atoms with E-state index in [0.717, 1.165) is 32.6 Å². The Kier molecular flexibility index (Phi) is 7.72. The zero-order valence-corrected chi connectivity index (χ0v) is 17.7. The highest BCUT2D eigenvalue weighted by Gasteiger charge is 2.32. The number of para-hydroxylation sites is 1. The van der Waals surface area contributed by atoms with Gasteiger partial charge < -0.3 is 14.7 Å². The van der Waals surface area contributed by atoms with Crippen LogP contribution < -0.4 is 4.90 Å². The SMILES string of the molecule is CC1CCC(C(C)C)C(OCC(O)CN2CCN(c3ccccc3F)CC2)C1. The Morgan fingerprint density at radius 2 is 1.86 bits per heavy atom. The zero-order chi connectivity index (χ0) is 20.1. The fourth-order valence-electron chi connectivity index (χ4n) is 4.77. The molecule has 1 aromatic carbocycles. The Bertz CT molecular complexity index is 604. The summed E-state index contributed by atoms with van der Waals surface area (Å²) < 4.78 is 20.2. The van der Waals surface area contributed by atoms with Gasteiger partial charge in [0.2, 0.25) is 0 Å².